The van der Waals surface area contributed by atoms with Crippen LogP contribution in [0.1, 0.15) is 18.4 Å². The highest BCUT2D eigenvalue weighted by Gasteiger charge is 2.09. The minimum absolute atomic E-state index is 0.0557. The van der Waals surface area contributed by atoms with E-state index in [-0.39, 0.29) is 11.9 Å². The second-order valence-corrected chi connectivity index (χ2v) is 6.17. The van der Waals surface area contributed by atoms with Gasteiger partial charge in [0.15, 0.2) is 0 Å². The molecular formula is C15H21IN2O3. The summed E-state index contributed by atoms with van der Waals surface area (Å²) in [5, 5.41) is 2.90. The molecule has 0 unspecified atom stereocenters. The number of nitrogens with one attached hydrogen (secondary N) is 1. The van der Waals surface area contributed by atoms with Crippen LogP contribution in [0.2, 0.25) is 0 Å². The van der Waals surface area contributed by atoms with E-state index in [1.807, 2.05) is 37.1 Å². The molecule has 0 saturated carbocycles. The zero-order valence-electron chi connectivity index (χ0n) is 12.6. The molecule has 0 spiro atoms. The van der Waals surface area contributed by atoms with E-state index in [9.17, 15) is 9.59 Å². The summed E-state index contributed by atoms with van der Waals surface area (Å²) in [7, 11) is 3.24. The fourth-order valence-corrected chi connectivity index (χ4v) is 2.52. The molecule has 0 bridgehead atoms. The molecule has 5 nitrogen and oxygen atoms in total. The van der Waals surface area contributed by atoms with E-state index in [1.165, 1.54) is 7.11 Å². The minimum Gasteiger partial charge on any atom is -0.469 e. The van der Waals surface area contributed by atoms with E-state index >= 15 is 0 Å². The Hall–Kier alpha value is -1.15. The molecule has 1 rings (SSSR count). The third kappa shape index (κ3) is 6.90. The minimum atomic E-state index is -0.220. The molecule has 1 aromatic carbocycles. The second kappa shape index (κ2) is 8.99. The molecule has 0 aromatic heterocycles. The zero-order valence-corrected chi connectivity index (χ0v) is 14.8. The molecule has 21 heavy (non-hydrogen) atoms. The summed E-state index contributed by atoms with van der Waals surface area (Å²) in [6.07, 6.45) is 1.05. The molecule has 116 valence electrons. The number of aryl methyl sites for hydroxylation is 1. The number of esters is 1. The van der Waals surface area contributed by atoms with Crippen LogP contribution in [0.4, 0.5) is 5.69 Å². The van der Waals surface area contributed by atoms with Gasteiger partial charge in [0.2, 0.25) is 5.91 Å². The monoisotopic (exact) mass is 404 g/mol. The summed E-state index contributed by atoms with van der Waals surface area (Å²) < 4.78 is 5.72. The van der Waals surface area contributed by atoms with Gasteiger partial charge in [-0.05, 0) is 73.3 Å². The quantitative estimate of drug-likeness (QED) is 0.560. The van der Waals surface area contributed by atoms with E-state index < -0.39 is 0 Å². The maximum Gasteiger partial charge on any atom is 0.305 e. The summed E-state index contributed by atoms with van der Waals surface area (Å²) in [6, 6.07) is 5.89. The van der Waals surface area contributed by atoms with Crippen molar-refractivity contribution in [2.75, 3.05) is 32.6 Å². The first-order valence-electron chi connectivity index (χ1n) is 6.73. The molecule has 0 heterocycles. The van der Waals surface area contributed by atoms with Crippen LogP contribution in [0.15, 0.2) is 18.2 Å². The molecule has 0 saturated heterocycles. The highest BCUT2D eigenvalue weighted by atomic mass is 127. The Morgan fingerprint density at radius 1 is 1.38 bits per heavy atom. The SMILES string of the molecule is COC(=O)CCCN(C)CC(=O)Nc1ccc(I)cc1C. The molecule has 6 heteroatoms. The number of benzene rings is 1. The van der Waals surface area contributed by atoms with Crippen LogP contribution in [0, 0.1) is 10.5 Å². The van der Waals surface area contributed by atoms with Crippen LogP contribution < -0.4 is 5.32 Å². The number of hydrogen-bond acceptors (Lipinski definition) is 4. The number of amides is 1. The van der Waals surface area contributed by atoms with Crippen LogP contribution in [0.25, 0.3) is 0 Å². The summed E-state index contributed by atoms with van der Waals surface area (Å²) in [5.41, 5.74) is 1.88. The number of nitrogens with zero attached hydrogens (tertiary/aromatic N) is 1. The topological polar surface area (TPSA) is 58.6 Å². The van der Waals surface area contributed by atoms with Crippen LogP contribution in [-0.2, 0) is 14.3 Å². The van der Waals surface area contributed by atoms with Gasteiger partial charge in [0, 0.05) is 15.7 Å². The lowest BCUT2D eigenvalue weighted by Gasteiger charge is -2.16. The average Bonchev–Trinajstić information content (AvgIpc) is 2.41. The number of likely N-dealkylation sites (N-methyl/N-ethyl adjacent to an activating group) is 1. The Balaban J connectivity index is 2.37. The summed E-state index contributed by atoms with van der Waals surface area (Å²) in [6.45, 7) is 2.94. The Morgan fingerprint density at radius 2 is 2.10 bits per heavy atom. The third-order valence-electron chi connectivity index (χ3n) is 3.02. The van der Waals surface area contributed by atoms with E-state index in [1.54, 1.807) is 0 Å². The van der Waals surface area contributed by atoms with Crippen molar-refractivity contribution in [1.82, 2.24) is 4.90 Å². The van der Waals surface area contributed by atoms with Gasteiger partial charge in [0.05, 0.1) is 13.7 Å². The van der Waals surface area contributed by atoms with Crippen molar-refractivity contribution >= 4 is 40.2 Å². The number of ether oxygens (including phenoxy) is 1. The van der Waals surface area contributed by atoms with E-state index in [0.717, 1.165) is 14.8 Å². The Bertz CT molecular complexity index is 506. The van der Waals surface area contributed by atoms with Crippen LogP contribution in [0.3, 0.4) is 0 Å². The predicted octanol–water partition coefficient (Wildman–Crippen LogP) is 2.42. The van der Waals surface area contributed by atoms with Gasteiger partial charge in [0.25, 0.3) is 0 Å². The number of carbonyl (C=O) groups is 2. The maximum atomic E-state index is 12.0. The maximum absolute atomic E-state index is 12.0. The lowest BCUT2D eigenvalue weighted by Crippen LogP contribution is -2.31. The molecule has 1 N–H and O–H groups in total. The van der Waals surface area contributed by atoms with E-state index in [4.69, 9.17) is 0 Å². The Labute approximate surface area is 139 Å². The summed E-state index contributed by atoms with van der Waals surface area (Å²) in [4.78, 5) is 24.9. The smallest absolute Gasteiger partial charge is 0.305 e. The van der Waals surface area contributed by atoms with Crippen molar-refractivity contribution < 1.29 is 14.3 Å². The first-order valence-corrected chi connectivity index (χ1v) is 7.81. The van der Waals surface area contributed by atoms with Gasteiger partial charge in [-0.2, -0.15) is 0 Å². The van der Waals surface area contributed by atoms with Gasteiger partial charge < -0.3 is 10.1 Å². The fourth-order valence-electron chi connectivity index (χ4n) is 1.88. The second-order valence-electron chi connectivity index (χ2n) is 4.92. The Kier molecular flexibility index (Phi) is 7.66. The van der Waals surface area contributed by atoms with Gasteiger partial charge >= 0.3 is 5.97 Å². The highest BCUT2D eigenvalue weighted by Crippen LogP contribution is 2.17. The van der Waals surface area contributed by atoms with Crippen LogP contribution in [-0.4, -0.2) is 44.0 Å². The lowest BCUT2D eigenvalue weighted by molar-refractivity contribution is -0.140. The van der Waals surface area contributed by atoms with E-state index in [0.29, 0.717) is 25.9 Å². The number of anilines is 1. The fraction of sp³-hybridized carbons (Fsp3) is 0.467. The predicted molar refractivity (Wildman–Crippen MR) is 91.3 cm³/mol. The van der Waals surface area contributed by atoms with Gasteiger partial charge in [-0.3, -0.25) is 14.5 Å². The van der Waals surface area contributed by atoms with Crippen molar-refractivity contribution in [2.24, 2.45) is 0 Å². The molecule has 0 aliphatic rings. The molecule has 0 atom stereocenters. The standard InChI is InChI=1S/C15H21IN2O3/c1-11-9-12(16)6-7-13(11)17-14(19)10-18(2)8-4-5-15(20)21-3/h6-7,9H,4-5,8,10H2,1-3H3,(H,17,19). The van der Waals surface area contributed by atoms with Crippen molar-refractivity contribution in [3.63, 3.8) is 0 Å². The molecular weight excluding hydrogens is 383 g/mol. The average molecular weight is 404 g/mol. The van der Waals surface area contributed by atoms with Crippen LogP contribution in [0.5, 0.6) is 0 Å². The first kappa shape index (κ1) is 17.9. The van der Waals surface area contributed by atoms with Crippen molar-refractivity contribution in [3.8, 4) is 0 Å². The number of rotatable bonds is 7. The van der Waals surface area contributed by atoms with Gasteiger partial charge in [0.1, 0.15) is 0 Å². The summed E-state index contributed by atoms with van der Waals surface area (Å²) in [5.74, 6) is -0.276. The molecule has 1 amide bonds. The third-order valence-corrected chi connectivity index (χ3v) is 3.70. The number of methoxy groups -OCH3 is 1. The Morgan fingerprint density at radius 3 is 2.71 bits per heavy atom. The molecule has 0 aliphatic heterocycles. The van der Waals surface area contributed by atoms with Gasteiger partial charge in [-0.15, -0.1) is 0 Å². The van der Waals surface area contributed by atoms with Crippen molar-refractivity contribution in [1.29, 1.82) is 0 Å². The molecule has 0 aliphatic carbocycles. The number of halogens is 1. The molecule has 0 fully saturated rings. The molecule has 0 radical (unpaired) electrons. The van der Waals surface area contributed by atoms with Gasteiger partial charge in [-0.25, -0.2) is 0 Å². The first-order chi connectivity index (χ1) is 9.92. The largest absolute Gasteiger partial charge is 0.469 e. The number of carbonyl (C=O) groups excluding carboxylic acids is 2. The van der Waals surface area contributed by atoms with Gasteiger partial charge in [-0.1, -0.05) is 0 Å². The normalized spacial score (nSPS) is 10.5. The number of hydrogen-bond donors (Lipinski definition) is 1. The van der Waals surface area contributed by atoms with Crippen LogP contribution >= 0.6 is 22.6 Å². The van der Waals surface area contributed by atoms with Crippen molar-refractivity contribution in [3.05, 3.63) is 27.3 Å². The highest BCUT2D eigenvalue weighted by molar-refractivity contribution is 14.1. The lowest BCUT2D eigenvalue weighted by atomic mass is 10.2. The molecule has 1 aromatic rings. The summed E-state index contributed by atoms with van der Waals surface area (Å²) >= 11 is 2.24. The van der Waals surface area contributed by atoms with E-state index in [2.05, 4.69) is 32.6 Å². The van der Waals surface area contributed by atoms with Crippen molar-refractivity contribution in [2.45, 2.75) is 19.8 Å². The zero-order chi connectivity index (χ0) is 15.8.